The van der Waals surface area contributed by atoms with Crippen LogP contribution in [-0.2, 0) is 24.7 Å². The van der Waals surface area contributed by atoms with Gasteiger partial charge in [0.2, 0.25) is 5.91 Å². The molecule has 30 heavy (non-hydrogen) atoms. The fourth-order valence-electron chi connectivity index (χ4n) is 3.30. The molecule has 3 amide bonds. The smallest absolute Gasteiger partial charge is 0.313 e. The van der Waals surface area contributed by atoms with Gasteiger partial charge in [0.15, 0.2) is 0 Å². The summed E-state index contributed by atoms with van der Waals surface area (Å²) in [5.41, 5.74) is 1.07. The number of hydrogen-bond donors (Lipinski definition) is 2. The Kier molecular flexibility index (Phi) is 6.74. The molecule has 2 aromatic rings. The zero-order chi connectivity index (χ0) is 21.7. The Balaban J connectivity index is 1.62. The first-order valence-electron chi connectivity index (χ1n) is 9.63. The number of hydrogen-bond acceptors (Lipinski definition) is 4. The molecule has 1 aliphatic heterocycles. The average molecular weight is 430 g/mol. The van der Waals surface area contributed by atoms with E-state index in [0.717, 1.165) is 12.0 Å². The number of carbonyl (C=O) groups excluding carboxylic acids is 3. The van der Waals surface area contributed by atoms with Crippen LogP contribution >= 0.6 is 11.6 Å². The van der Waals surface area contributed by atoms with Gasteiger partial charge in [-0.1, -0.05) is 29.8 Å². The molecule has 0 aliphatic carbocycles. The molecular weight excluding hydrogens is 406 g/mol. The van der Waals surface area contributed by atoms with Gasteiger partial charge in [0.05, 0.1) is 6.54 Å². The van der Waals surface area contributed by atoms with Crippen molar-refractivity contribution < 1.29 is 19.1 Å². The molecule has 7 nitrogen and oxygen atoms in total. The number of methoxy groups -OCH3 is 1. The second-order valence-electron chi connectivity index (χ2n) is 7.28. The first-order valence-corrected chi connectivity index (χ1v) is 10.0. The number of rotatable bonds is 6. The van der Waals surface area contributed by atoms with Gasteiger partial charge in [-0.25, -0.2) is 0 Å². The predicted octanol–water partition coefficient (Wildman–Crippen LogP) is 3.08. The Morgan fingerprint density at radius 3 is 2.60 bits per heavy atom. The predicted molar refractivity (Wildman–Crippen MR) is 115 cm³/mol. The third-order valence-corrected chi connectivity index (χ3v) is 5.40. The standard InChI is InChI=1S/C22H24ClN3O4/c1-22(30-2,15-6-3-7-16(23)12-15)14-24-20(28)21(29)25-17-8-4-9-18(13-17)26-11-5-10-19(26)27/h3-4,6-9,12-13H,5,10-11,14H2,1-2H3,(H,24,28)(H,25,29). The van der Waals surface area contributed by atoms with E-state index in [1.165, 1.54) is 7.11 Å². The molecule has 1 unspecified atom stereocenters. The summed E-state index contributed by atoms with van der Waals surface area (Å²) in [6.07, 6.45) is 1.33. The van der Waals surface area contributed by atoms with Crippen molar-refractivity contribution in [2.24, 2.45) is 0 Å². The topological polar surface area (TPSA) is 87.7 Å². The highest BCUT2D eigenvalue weighted by atomic mass is 35.5. The highest BCUT2D eigenvalue weighted by molar-refractivity contribution is 6.39. The van der Waals surface area contributed by atoms with Crippen molar-refractivity contribution in [3.63, 3.8) is 0 Å². The Hall–Kier alpha value is -2.90. The molecule has 0 saturated carbocycles. The van der Waals surface area contributed by atoms with E-state index in [1.54, 1.807) is 54.3 Å². The molecule has 8 heteroatoms. The van der Waals surface area contributed by atoms with Crippen molar-refractivity contribution in [3.8, 4) is 0 Å². The largest absolute Gasteiger partial charge is 0.372 e. The van der Waals surface area contributed by atoms with E-state index in [9.17, 15) is 14.4 Å². The number of nitrogens with zero attached hydrogens (tertiary/aromatic N) is 1. The van der Waals surface area contributed by atoms with E-state index in [2.05, 4.69) is 10.6 Å². The molecule has 1 heterocycles. The van der Waals surface area contributed by atoms with Crippen LogP contribution in [0, 0.1) is 0 Å². The van der Waals surface area contributed by atoms with E-state index in [-0.39, 0.29) is 12.5 Å². The first-order chi connectivity index (χ1) is 14.3. The van der Waals surface area contributed by atoms with Crippen LogP contribution in [0.1, 0.15) is 25.3 Å². The summed E-state index contributed by atoms with van der Waals surface area (Å²) in [4.78, 5) is 38.3. The number of nitrogens with one attached hydrogen (secondary N) is 2. The fourth-order valence-corrected chi connectivity index (χ4v) is 3.49. The zero-order valence-corrected chi connectivity index (χ0v) is 17.7. The number of halogens is 1. The maximum Gasteiger partial charge on any atom is 0.313 e. The summed E-state index contributed by atoms with van der Waals surface area (Å²) in [6.45, 7) is 2.53. The SMILES string of the molecule is COC(C)(CNC(=O)C(=O)Nc1cccc(N2CCCC2=O)c1)c1cccc(Cl)c1. The Labute approximate surface area is 180 Å². The number of benzene rings is 2. The minimum absolute atomic E-state index is 0.0519. The van der Waals surface area contributed by atoms with E-state index in [4.69, 9.17) is 16.3 Å². The van der Waals surface area contributed by atoms with Crippen molar-refractivity contribution in [2.45, 2.75) is 25.4 Å². The van der Waals surface area contributed by atoms with E-state index in [0.29, 0.717) is 29.4 Å². The van der Waals surface area contributed by atoms with Crippen molar-refractivity contribution >= 4 is 40.7 Å². The van der Waals surface area contributed by atoms with Crippen LogP contribution in [0.15, 0.2) is 48.5 Å². The van der Waals surface area contributed by atoms with Gasteiger partial charge in [0.25, 0.3) is 0 Å². The molecule has 3 rings (SSSR count). The van der Waals surface area contributed by atoms with Gasteiger partial charge >= 0.3 is 11.8 Å². The molecule has 0 radical (unpaired) electrons. The van der Waals surface area contributed by atoms with Crippen molar-refractivity contribution in [3.05, 3.63) is 59.1 Å². The molecule has 158 valence electrons. The van der Waals surface area contributed by atoms with Crippen LogP contribution in [0.4, 0.5) is 11.4 Å². The zero-order valence-electron chi connectivity index (χ0n) is 16.9. The summed E-state index contributed by atoms with van der Waals surface area (Å²) >= 11 is 6.05. The van der Waals surface area contributed by atoms with Gasteiger partial charge < -0.3 is 20.3 Å². The number of carbonyl (C=O) groups is 3. The lowest BCUT2D eigenvalue weighted by molar-refractivity contribution is -0.137. The molecule has 1 aliphatic rings. The molecule has 1 saturated heterocycles. The minimum atomic E-state index is -0.850. The van der Waals surface area contributed by atoms with Gasteiger partial charge in [0.1, 0.15) is 5.60 Å². The van der Waals surface area contributed by atoms with Gasteiger partial charge in [-0.15, -0.1) is 0 Å². The molecule has 1 atom stereocenters. The highest BCUT2D eigenvalue weighted by Crippen LogP contribution is 2.26. The maximum absolute atomic E-state index is 12.3. The van der Waals surface area contributed by atoms with Crippen LogP contribution in [-0.4, -0.2) is 37.9 Å². The van der Waals surface area contributed by atoms with Crippen molar-refractivity contribution in [1.82, 2.24) is 5.32 Å². The normalized spacial score (nSPS) is 15.6. The van der Waals surface area contributed by atoms with Crippen LogP contribution in [0.3, 0.4) is 0 Å². The minimum Gasteiger partial charge on any atom is -0.372 e. The summed E-state index contributed by atoms with van der Waals surface area (Å²) in [6, 6.07) is 14.0. The molecule has 2 N–H and O–H groups in total. The van der Waals surface area contributed by atoms with Crippen LogP contribution in [0.25, 0.3) is 0 Å². The number of anilines is 2. The molecule has 0 aromatic heterocycles. The Bertz CT molecular complexity index is 965. The molecule has 2 aromatic carbocycles. The molecule has 1 fully saturated rings. The summed E-state index contributed by atoms with van der Waals surface area (Å²) in [5, 5.41) is 5.73. The quantitative estimate of drug-likeness (QED) is 0.691. The third-order valence-electron chi connectivity index (χ3n) is 5.17. The Morgan fingerprint density at radius 2 is 1.93 bits per heavy atom. The number of ether oxygens (including phenoxy) is 1. The first kappa shape index (κ1) is 21.8. The summed E-state index contributed by atoms with van der Waals surface area (Å²) in [7, 11) is 1.53. The van der Waals surface area contributed by atoms with Gasteiger partial charge in [-0.05, 0) is 49.2 Å². The lowest BCUT2D eigenvalue weighted by Crippen LogP contribution is -2.44. The fraction of sp³-hybridized carbons (Fsp3) is 0.318. The third kappa shape index (κ3) is 4.98. The Morgan fingerprint density at radius 1 is 1.17 bits per heavy atom. The van der Waals surface area contributed by atoms with Crippen LogP contribution < -0.4 is 15.5 Å². The van der Waals surface area contributed by atoms with Gasteiger partial charge in [-0.3, -0.25) is 14.4 Å². The van der Waals surface area contributed by atoms with Gasteiger partial charge in [0, 0.05) is 36.5 Å². The second-order valence-corrected chi connectivity index (χ2v) is 7.72. The van der Waals surface area contributed by atoms with Crippen LogP contribution in [0.5, 0.6) is 0 Å². The summed E-state index contributed by atoms with van der Waals surface area (Å²) in [5.74, 6) is -1.54. The van der Waals surface area contributed by atoms with Crippen molar-refractivity contribution in [1.29, 1.82) is 0 Å². The van der Waals surface area contributed by atoms with Gasteiger partial charge in [-0.2, -0.15) is 0 Å². The summed E-state index contributed by atoms with van der Waals surface area (Å²) < 4.78 is 5.57. The molecule has 0 bridgehead atoms. The molecule has 0 spiro atoms. The van der Waals surface area contributed by atoms with E-state index >= 15 is 0 Å². The van der Waals surface area contributed by atoms with Crippen LogP contribution in [0.2, 0.25) is 5.02 Å². The lowest BCUT2D eigenvalue weighted by Gasteiger charge is -2.29. The van der Waals surface area contributed by atoms with E-state index in [1.807, 2.05) is 6.07 Å². The lowest BCUT2D eigenvalue weighted by atomic mass is 9.95. The number of amides is 3. The monoisotopic (exact) mass is 429 g/mol. The van der Waals surface area contributed by atoms with Crippen molar-refractivity contribution in [2.75, 3.05) is 30.4 Å². The maximum atomic E-state index is 12.3. The second kappa shape index (κ2) is 9.28. The highest BCUT2D eigenvalue weighted by Gasteiger charge is 2.28. The molecular formula is C22H24ClN3O4. The average Bonchev–Trinajstić information content (AvgIpc) is 3.17. The van der Waals surface area contributed by atoms with E-state index < -0.39 is 17.4 Å².